The Bertz CT molecular complexity index is 873. The largest absolute Gasteiger partial charge is 0.368 e. The number of rotatable bonds is 5. The Morgan fingerprint density at radius 3 is 2.88 bits per heavy atom. The Labute approximate surface area is 154 Å². The van der Waals surface area contributed by atoms with Crippen molar-refractivity contribution < 1.29 is 0 Å². The van der Waals surface area contributed by atoms with Gasteiger partial charge in [-0.25, -0.2) is 9.97 Å². The van der Waals surface area contributed by atoms with Gasteiger partial charge in [-0.1, -0.05) is 30.3 Å². The number of nitrogens with zero attached hydrogens (tertiary/aromatic N) is 5. The van der Waals surface area contributed by atoms with Crippen molar-refractivity contribution in [2.24, 2.45) is 7.05 Å². The molecule has 1 saturated heterocycles. The molecule has 26 heavy (non-hydrogen) atoms. The molecule has 3 aromatic rings. The number of aromatic nitrogens is 4. The van der Waals surface area contributed by atoms with Gasteiger partial charge in [-0.05, 0) is 37.8 Å². The van der Waals surface area contributed by atoms with E-state index >= 15 is 0 Å². The SMILES string of the molecule is Cc1nc(NCCN2CCC[C@H](c3ccccc3)C2)c2cnn(C)c2n1. The predicted molar refractivity (Wildman–Crippen MR) is 104 cm³/mol. The number of hydrogen-bond donors (Lipinski definition) is 1. The predicted octanol–water partition coefficient (Wildman–Crippen LogP) is 2.96. The summed E-state index contributed by atoms with van der Waals surface area (Å²) in [7, 11) is 1.91. The van der Waals surface area contributed by atoms with Crippen molar-refractivity contribution in [3.63, 3.8) is 0 Å². The van der Waals surface area contributed by atoms with Gasteiger partial charge in [0, 0.05) is 26.7 Å². The Hall–Kier alpha value is -2.47. The highest BCUT2D eigenvalue weighted by atomic mass is 15.3. The molecule has 1 aliphatic heterocycles. The highest BCUT2D eigenvalue weighted by Gasteiger charge is 2.20. The van der Waals surface area contributed by atoms with Gasteiger partial charge in [0.25, 0.3) is 0 Å². The molecule has 1 aliphatic rings. The van der Waals surface area contributed by atoms with Crippen molar-refractivity contribution >= 4 is 16.9 Å². The summed E-state index contributed by atoms with van der Waals surface area (Å²) in [5, 5.41) is 8.79. The summed E-state index contributed by atoms with van der Waals surface area (Å²) in [5.74, 6) is 2.30. The second kappa shape index (κ2) is 7.41. The van der Waals surface area contributed by atoms with Crippen LogP contribution in [-0.2, 0) is 7.05 Å². The lowest BCUT2D eigenvalue weighted by Crippen LogP contribution is -2.37. The van der Waals surface area contributed by atoms with Gasteiger partial charge in [-0.2, -0.15) is 5.10 Å². The Morgan fingerprint density at radius 1 is 1.19 bits per heavy atom. The lowest BCUT2D eigenvalue weighted by Gasteiger charge is -2.33. The van der Waals surface area contributed by atoms with Crippen LogP contribution in [0.3, 0.4) is 0 Å². The molecule has 1 fully saturated rings. The first-order valence-electron chi connectivity index (χ1n) is 9.38. The molecule has 1 aromatic carbocycles. The van der Waals surface area contributed by atoms with Gasteiger partial charge in [-0.15, -0.1) is 0 Å². The molecule has 3 heterocycles. The fourth-order valence-electron chi connectivity index (χ4n) is 3.85. The van der Waals surface area contributed by atoms with E-state index < -0.39 is 0 Å². The van der Waals surface area contributed by atoms with E-state index in [1.807, 2.05) is 20.2 Å². The van der Waals surface area contributed by atoms with E-state index in [4.69, 9.17) is 0 Å². The van der Waals surface area contributed by atoms with E-state index in [-0.39, 0.29) is 0 Å². The molecule has 1 N–H and O–H groups in total. The van der Waals surface area contributed by atoms with Gasteiger partial charge >= 0.3 is 0 Å². The van der Waals surface area contributed by atoms with E-state index in [1.165, 1.54) is 24.9 Å². The summed E-state index contributed by atoms with van der Waals surface area (Å²) >= 11 is 0. The Kier molecular flexibility index (Phi) is 4.84. The van der Waals surface area contributed by atoms with Crippen LogP contribution in [0.1, 0.15) is 30.1 Å². The molecule has 0 bridgehead atoms. The Balaban J connectivity index is 1.38. The molecular weight excluding hydrogens is 324 g/mol. The van der Waals surface area contributed by atoms with Crippen molar-refractivity contribution in [1.29, 1.82) is 0 Å². The quantitative estimate of drug-likeness (QED) is 0.767. The van der Waals surface area contributed by atoms with Gasteiger partial charge in [0.2, 0.25) is 0 Å². The molecule has 0 radical (unpaired) electrons. The van der Waals surface area contributed by atoms with E-state index in [1.54, 1.807) is 4.68 Å². The number of piperidine rings is 1. The second-order valence-electron chi connectivity index (χ2n) is 7.10. The van der Waals surface area contributed by atoms with E-state index in [0.717, 1.165) is 42.3 Å². The monoisotopic (exact) mass is 350 g/mol. The van der Waals surface area contributed by atoms with Crippen LogP contribution in [0.5, 0.6) is 0 Å². The van der Waals surface area contributed by atoms with Gasteiger partial charge in [0.15, 0.2) is 5.65 Å². The Morgan fingerprint density at radius 2 is 2.04 bits per heavy atom. The summed E-state index contributed by atoms with van der Waals surface area (Å²) < 4.78 is 1.80. The minimum Gasteiger partial charge on any atom is -0.368 e. The van der Waals surface area contributed by atoms with Crippen molar-refractivity contribution in [2.75, 3.05) is 31.5 Å². The first-order chi connectivity index (χ1) is 12.7. The smallest absolute Gasteiger partial charge is 0.163 e. The third-order valence-electron chi connectivity index (χ3n) is 5.20. The molecule has 0 amide bonds. The van der Waals surface area contributed by atoms with Gasteiger partial charge in [-0.3, -0.25) is 4.68 Å². The summed E-state index contributed by atoms with van der Waals surface area (Å²) in [5.41, 5.74) is 2.34. The van der Waals surface area contributed by atoms with Crippen LogP contribution in [0, 0.1) is 6.92 Å². The van der Waals surface area contributed by atoms with Crippen molar-refractivity contribution in [2.45, 2.75) is 25.7 Å². The highest BCUT2D eigenvalue weighted by molar-refractivity contribution is 5.86. The zero-order chi connectivity index (χ0) is 17.9. The number of benzene rings is 1. The summed E-state index contributed by atoms with van der Waals surface area (Å²) in [4.78, 5) is 11.6. The van der Waals surface area contributed by atoms with Crippen LogP contribution in [0.2, 0.25) is 0 Å². The van der Waals surface area contributed by atoms with Crippen molar-refractivity contribution in [1.82, 2.24) is 24.6 Å². The summed E-state index contributed by atoms with van der Waals surface area (Å²) in [6.07, 6.45) is 4.39. The standard InChI is InChI=1S/C20H26N6/c1-15-23-19(18-13-22-25(2)20(18)24-15)21-10-12-26-11-6-9-17(14-26)16-7-4-3-5-8-16/h3-5,7-8,13,17H,6,9-12,14H2,1-2H3,(H,21,23,24)/t17-/m0/s1. The van der Waals surface area contributed by atoms with Crippen LogP contribution < -0.4 is 5.32 Å². The average molecular weight is 350 g/mol. The maximum Gasteiger partial charge on any atom is 0.163 e. The lowest BCUT2D eigenvalue weighted by atomic mass is 9.91. The number of hydrogen-bond acceptors (Lipinski definition) is 5. The lowest BCUT2D eigenvalue weighted by molar-refractivity contribution is 0.215. The van der Waals surface area contributed by atoms with Gasteiger partial charge in [0.1, 0.15) is 11.6 Å². The fourth-order valence-corrected chi connectivity index (χ4v) is 3.85. The fraction of sp³-hybridized carbons (Fsp3) is 0.450. The third-order valence-corrected chi connectivity index (χ3v) is 5.20. The molecule has 0 aliphatic carbocycles. The van der Waals surface area contributed by atoms with Gasteiger partial charge in [0.05, 0.1) is 11.6 Å². The van der Waals surface area contributed by atoms with Crippen molar-refractivity contribution in [3.05, 3.63) is 47.9 Å². The third kappa shape index (κ3) is 3.55. The molecule has 2 aromatic heterocycles. The summed E-state index contributed by atoms with van der Waals surface area (Å²) in [6.45, 7) is 6.13. The van der Waals surface area contributed by atoms with Gasteiger partial charge < -0.3 is 10.2 Å². The normalized spacial score (nSPS) is 18.3. The molecule has 0 spiro atoms. The molecule has 6 heteroatoms. The number of fused-ring (bicyclic) bond motifs is 1. The van der Waals surface area contributed by atoms with Crippen LogP contribution in [-0.4, -0.2) is 50.8 Å². The molecule has 136 valence electrons. The average Bonchev–Trinajstić information content (AvgIpc) is 3.04. The molecule has 0 unspecified atom stereocenters. The zero-order valence-electron chi connectivity index (χ0n) is 15.5. The molecule has 6 nitrogen and oxygen atoms in total. The summed E-state index contributed by atoms with van der Waals surface area (Å²) in [6, 6.07) is 10.9. The van der Waals surface area contributed by atoms with E-state index in [0.29, 0.717) is 5.92 Å². The molecule has 1 atom stereocenters. The highest BCUT2D eigenvalue weighted by Crippen LogP contribution is 2.26. The number of likely N-dealkylation sites (tertiary alicyclic amines) is 1. The van der Waals surface area contributed by atoms with Crippen LogP contribution in [0.25, 0.3) is 11.0 Å². The van der Waals surface area contributed by atoms with Crippen LogP contribution >= 0.6 is 0 Å². The number of nitrogens with one attached hydrogen (secondary N) is 1. The molecular formula is C20H26N6. The first-order valence-corrected chi connectivity index (χ1v) is 9.38. The minimum atomic E-state index is 0.649. The second-order valence-corrected chi connectivity index (χ2v) is 7.10. The van der Waals surface area contributed by atoms with Crippen molar-refractivity contribution in [3.8, 4) is 0 Å². The topological polar surface area (TPSA) is 58.9 Å². The minimum absolute atomic E-state index is 0.649. The zero-order valence-corrected chi connectivity index (χ0v) is 15.5. The van der Waals surface area contributed by atoms with Crippen LogP contribution in [0.15, 0.2) is 36.5 Å². The maximum absolute atomic E-state index is 4.57. The van der Waals surface area contributed by atoms with E-state index in [9.17, 15) is 0 Å². The number of aryl methyl sites for hydroxylation is 2. The first kappa shape index (κ1) is 17.0. The molecule has 4 rings (SSSR count). The molecule has 0 saturated carbocycles. The van der Waals surface area contributed by atoms with Crippen LogP contribution in [0.4, 0.5) is 5.82 Å². The maximum atomic E-state index is 4.57. The van der Waals surface area contributed by atoms with E-state index in [2.05, 4.69) is 55.6 Å². The number of anilines is 1.